The molecule has 0 amide bonds. The Labute approximate surface area is 73.2 Å². The lowest BCUT2D eigenvalue weighted by Gasteiger charge is -2.37. The van der Waals surface area contributed by atoms with Crippen LogP contribution in [0.3, 0.4) is 0 Å². The maximum absolute atomic E-state index is 2.50. The molecule has 0 aliphatic heterocycles. The second-order valence-corrected chi connectivity index (χ2v) is 7.07. The first-order valence-electron chi connectivity index (χ1n) is 5.21. The maximum atomic E-state index is 2.50. The average molecular weight is 168 g/mol. The molecule has 1 heteroatoms. The van der Waals surface area contributed by atoms with Crippen LogP contribution in [0.25, 0.3) is 0 Å². The highest BCUT2D eigenvalue weighted by Crippen LogP contribution is 2.53. The molecule has 64 valence electrons. The summed E-state index contributed by atoms with van der Waals surface area (Å²) in [4.78, 5) is 0. The largest absolute Gasteiger partial charge is 0.0623 e. The summed E-state index contributed by atoms with van der Waals surface area (Å²) < 4.78 is 0. The van der Waals surface area contributed by atoms with Crippen LogP contribution in [0.15, 0.2) is 0 Å². The summed E-state index contributed by atoms with van der Waals surface area (Å²) in [7, 11) is 1.45. The van der Waals surface area contributed by atoms with Crippen LogP contribution < -0.4 is 0 Å². The van der Waals surface area contributed by atoms with Crippen LogP contribution in [-0.2, 0) is 0 Å². The van der Waals surface area contributed by atoms with Gasteiger partial charge in [-0.15, -0.1) is 0 Å². The molecule has 0 nitrogen and oxygen atoms in total. The Balaban J connectivity index is 2.18. The lowest BCUT2D eigenvalue weighted by molar-refractivity contribution is 0.287. The molecule has 3 aliphatic carbocycles. The van der Waals surface area contributed by atoms with E-state index in [0.717, 1.165) is 16.9 Å². The van der Waals surface area contributed by atoms with Crippen molar-refractivity contribution in [3.8, 4) is 0 Å². The van der Waals surface area contributed by atoms with Crippen molar-refractivity contribution in [3.63, 3.8) is 0 Å². The molecule has 1 atom stereocenters. The van der Waals surface area contributed by atoms with E-state index in [1.807, 2.05) is 0 Å². The molecule has 1 unspecified atom stereocenters. The zero-order valence-corrected chi connectivity index (χ0v) is 9.90. The first-order valence-corrected chi connectivity index (χ1v) is 6.21. The number of rotatable bonds is 0. The van der Waals surface area contributed by atoms with E-state index in [4.69, 9.17) is 0 Å². The topological polar surface area (TPSA) is 0 Å². The van der Waals surface area contributed by atoms with Crippen molar-refractivity contribution in [2.45, 2.75) is 50.5 Å². The molecule has 11 heavy (non-hydrogen) atoms. The molecule has 3 saturated carbocycles. The van der Waals surface area contributed by atoms with Crippen molar-refractivity contribution in [3.05, 3.63) is 0 Å². The van der Waals surface area contributed by atoms with E-state index < -0.39 is 0 Å². The number of hydrogen-bond donors (Lipinski definition) is 0. The second kappa shape index (κ2) is 2.62. The molecule has 2 bridgehead atoms. The van der Waals surface area contributed by atoms with Crippen molar-refractivity contribution in [1.29, 1.82) is 0 Å². The number of hydrogen-bond acceptors (Lipinski definition) is 0. The molecule has 0 aromatic heterocycles. The average Bonchev–Trinajstić information content (AvgIpc) is 2.22. The SMILES string of the molecule is CC1CCC2CCC1([SiH3])CC2. The summed E-state index contributed by atoms with van der Waals surface area (Å²) in [5.41, 5.74) is 0. The first-order chi connectivity index (χ1) is 5.21. The Bertz CT molecular complexity index is 142. The van der Waals surface area contributed by atoms with Gasteiger partial charge in [-0.1, -0.05) is 45.4 Å². The highest BCUT2D eigenvalue weighted by atomic mass is 28.1. The van der Waals surface area contributed by atoms with Crippen molar-refractivity contribution in [2.75, 3.05) is 0 Å². The molecule has 0 spiro atoms. The van der Waals surface area contributed by atoms with E-state index in [2.05, 4.69) is 6.92 Å². The van der Waals surface area contributed by atoms with Crippen LogP contribution in [0.2, 0.25) is 5.04 Å². The van der Waals surface area contributed by atoms with Gasteiger partial charge in [-0.25, -0.2) is 0 Å². The lowest BCUT2D eigenvalue weighted by Crippen LogP contribution is -2.23. The van der Waals surface area contributed by atoms with Gasteiger partial charge >= 0.3 is 0 Å². The van der Waals surface area contributed by atoms with Gasteiger partial charge in [-0.05, 0) is 16.9 Å². The van der Waals surface area contributed by atoms with Gasteiger partial charge in [-0.3, -0.25) is 0 Å². The number of fused-ring (bicyclic) bond motifs is 4. The summed E-state index contributed by atoms with van der Waals surface area (Å²) >= 11 is 0. The summed E-state index contributed by atoms with van der Waals surface area (Å²) in [5, 5.41) is 0.868. The monoisotopic (exact) mass is 168 g/mol. The predicted molar refractivity (Wildman–Crippen MR) is 53.0 cm³/mol. The van der Waals surface area contributed by atoms with Gasteiger partial charge in [0.1, 0.15) is 0 Å². The zero-order valence-electron chi connectivity index (χ0n) is 7.90. The fourth-order valence-electron chi connectivity index (χ4n) is 2.95. The quantitative estimate of drug-likeness (QED) is 0.486. The third-order valence-corrected chi connectivity index (χ3v) is 6.43. The van der Waals surface area contributed by atoms with E-state index in [1.54, 1.807) is 32.1 Å². The first kappa shape index (κ1) is 7.84. The van der Waals surface area contributed by atoms with Crippen molar-refractivity contribution >= 4 is 10.2 Å². The minimum absolute atomic E-state index is 0.868. The van der Waals surface area contributed by atoms with Gasteiger partial charge in [0.15, 0.2) is 0 Å². The molecule has 3 rings (SSSR count). The highest BCUT2D eigenvalue weighted by Gasteiger charge is 2.38. The van der Waals surface area contributed by atoms with E-state index >= 15 is 0 Å². The molecular formula is C10H20Si. The molecule has 0 saturated heterocycles. The minimum Gasteiger partial charge on any atom is -0.0623 e. The summed E-state index contributed by atoms with van der Waals surface area (Å²) in [6.45, 7) is 2.50. The molecular weight excluding hydrogens is 148 g/mol. The maximum Gasteiger partial charge on any atom is 0.0110 e. The van der Waals surface area contributed by atoms with E-state index in [9.17, 15) is 0 Å². The Kier molecular flexibility index (Phi) is 1.87. The van der Waals surface area contributed by atoms with Crippen molar-refractivity contribution in [1.82, 2.24) is 0 Å². The molecule has 0 aromatic carbocycles. The van der Waals surface area contributed by atoms with Crippen LogP contribution in [0.1, 0.15) is 45.4 Å². The second-order valence-electron chi connectivity index (χ2n) is 5.08. The molecule has 0 heterocycles. The summed E-state index contributed by atoms with van der Waals surface area (Å²) in [5.74, 6) is 2.18. The Morgan fingerprint density at radius 1 is 1.09 bits per heavy atom. The highest BCUT2D eigenvalue weighted by molar-refractivity contribution is 6.15. The predicted octanol–water partition coefficient (Wildman–Crippen LogP) is 2.13. The van der Waals surface area contributed by atoms with Gasteiger partial charge in [0, 0.05) is 10.2 Å². The van der Waals surface area contributed by atoms with Crippen molar-refractivity contribution in [2.24, 2.45) is 11.8 Å². The molecule has 0 aromatic rings. The van der Waals surface area contributed by atoms with Crippen LogP contribution in [0.5, 0.6) is 0 Å². The van der Waals surface area contributed by atoms with E-state index in [-0.39, 0.29) is 0 Å². The molecule has 3 aliphatic rings. The zero-order chi connectivity index (χ0) is 7.90. The normalized spacial score (nSPS) is 51.0. The molecule has 0 N–H and O–H groups in total. The third-order valence-electron chi connectivity index (χ3n) is 4.45. The fraction of sp³-hybridized carbons (Fsp3) is 1.00. The van der Waals surface area contributed by atoms with Crippen molar-refractivity contribution < 1.29 is 0 Å². The van der Waals surface area contributed by atoms with Crippen LogP contribution in [-0.4, -0.2) is 10.2 Å². The molecule has 3 fully saturated rings. The van der Waals surface area contributed by atoms with Crippen LogP contribution >= 0.6 is 0 Å². The van der Waals surface area contributed by atoms with Gasteiger partial charge in [0.05, 0.1) is 0 Å². The smallest absolute Gasteiger partial charge is 0.0110 e. The van der Waals surface area contributed by atoms with Gasteiger partial charge in [-0.2, -0.15) is 0 Å². The summed E-state index contributed by atoms with van der Waals surface area (Å²) in [6, 6.07) is 0. The third kappa shape index (κ3) is 1.28. The van der Waals surface area contributed by atoms with E-state index in [1.165, 1.54) is 16.7 Å². The summed E-state index contributed by atoms with van der Waals surface area (Å²) in [6.07, 6.45) is 9.36. The van der Waals surface area contributed by atoms with Gasteiger partial charge in [0.25, 0.3) is 0 Å². The lowest BCUT2D eigenvalue weighted by atomic mass is 9.80. The Morgan fingerprint density at radius 2 is 1.73 bits per heavy atom. The van der Waals surface area contributed by atoms with Gasteiger partial charge < -0.3 is 0 Å². The van der Waals surface area contributed by atoms with Crippen LogP contribution in [0, 0.1) is 11.8 Å². The van der Waals surface area contributed by atoms with Gasteiger partial charge in [0.2, 0.25) is 0 Å². The standard InChI is InChI=1S/C10H20Si/c1-8-2-3-9-4-6-10(8,11)7-5-9/h8-9H,2-7H2,1,11H3. The van der Waals surface area contributed by atoms with E-state index in [0.29, 0.717) is 0 Å². The molecule has 0 radical (unpaired) electrons. The Morgan fingerprint density at radius 3 is 2.36 bits per heavy atom. The fourth-order valence-corrected chi connectivity index (χ4v) is 3.82. The van der Waals surface area contributed by atoms with Crippen LogP contribution in [0.4, 0.5) is 0 Å². The Hall–Kier alpha value is 0.217. The minimum atomic E-state index is 0.868.